The third kappa shape index (κ3) is 4.01. The number of aliphatic hydroxyl groups is 1. The smallest absolute Gasteiger partial charge is 0.300 e. The van der Waals surface area contributed by atoms with Crippen LogP contribution < -0.4 is 14.4 Å². The Kier molecular flexibility index (Phi) is 6.36. The number of ether oxygens (including phenoxy) is 2. The molecule has 2 heterocycles. The van der Waals surface area contributed by atoms with Gasteiger partial charge in [-0.15, -0.1) is 0 Å². The van der Waals surface area contributed by atoms with Crippen molar-refractivity contribution >= 4 is 23.1 Å². The lowest BCUT2D eigenvalue weighted by molar-refractivity contribution is -0.132. The molecule has 1 unspecified atom stereocenters. The van der Waals surface area contributed by atoms with E-state index < -0.39 is 17.7 Å². The zero-order valence-electron chi connectivity index (χ0n) is 19.5. The minimum atomic E-state index is -0.856. The molecule has 1 aliphatic rings. The molecule has 1 fully saturated rings. The Bertz CT molecular complexity index is 1250. The number of nitrogens with zero attached hydrogens (tertiary/aromatic N) is 2. The molecule has 0 bridgehead atoms. The molecule has 0 saturated carbocycles. The van der Waals surface area contributed by atoms with Gasteiger partial charge in [0.2, 0.25) is 0 Å². The number of anilines is 1. The normalized spacial score (nSPS) is 17.3. The number of rotatable bonds is 6. The third-order valence-corrected chi connectivity index (χ3v) is 5.95. The highest BCUT2D eigenvalue weighted by Gasteiger charge is 2.47. The van der Waals surface area contributed by atoms with Gasteiger partial charge in [-0.05, 0) is 47.4 Å². The lowest BCUT2D eigenvalue weighted by Gasteiger charge is -2.25. The van der Waals surface area contributed by atoms with Crippen molar-refractivity contribution in [3.05, 3.63) is 89.3 Å². The Morgan fingerprint density at radius 2 is 1.76 bits per heavy atom. The zero-order chi connectivity index (χ0) is 24.4. The molecule has 1 amide bonds. The van der Waals surface area contributed by atoms with E-state index in [2.05, 4.69) is 18.8 Å². The number of hydrogen-bond donors (Lipinski definition) is 1. The molecule has 34 heavy (non-hydrogen) atoms. The summed E-state index contributed by atoms with van der Waals surface area (Å²) in [7, 11) is 2.98. The second-order valence-corrected chi connectivity index (χ2v) is 8.27. The minimum Gasteiger partial charge on any atom is -0.507 e. The van der Waals surface area contributed by atoms with E-state index in [1.54, 1.807) is 42.7 Å². The summed E-state index contributed by atoms with van der Waals surface area (Å²) in [5.74, 6) is -0.663. The lowest BCUT2D eigenvalue weighted by atomic mass is 9.95. The number of carbonyl (C=O) groups excluding carboxylic acids is 2. The number of pyridine rings is 1. The number of benzene rings is 2. The number of Topliss-reactive ketones (excluding diaryl/α,β-unsaturated/α-hetero) is 1. The van der Waals surface area contributed by atoms with E-state index in [1.165, 1.54) is 19.1 Å². The molecule has 3 aromatic rings. The minimum absolute atomic E-state index is 0.0330. The Hall–Kier alpha value is -4.13. The van der Waals surface area contributed by atoms with Crippen LogP contribution in [0.5, 0.6) is 11.5 Å². The molecule has 7 heteroatoms. The van der Waals surface area contributed by atoms with E-state index >= 15 is 0 Å². The number of hydrogen-bond acceptors (Lipinski definition) is 6. The van der Waals surface area contributed by atoms with Crippen molar-refractivity contribution in [2.75, 3.05) is 19.1 Å². The predicted octanol–water partition coefficient (Wildman–Crippen LogP) is 4.85. The van der Waals surface area contributed by atoms with Gasteiger partial charge >= 0.3 is 0 Å². The summed E-state index contributed by atoms with van der Waals surface area (Å²) in [4.78, 5) is 32.1. The molecule has 2 aromatic carbocycles. The summed E-state index contributed by atoms with van der Waals surface area (Å²) in [6, 6.07) is 15.0. The number of aromatic nitrogens is 1. The largest absolute Gasteiger partial charge is 0.507 e. The number of ketones is 1. The zero-order valence-corrected chi connectivity index (χ0v) is 19.5. The van der Waals surface area contributed by atoms with Crippen LogP contribution in [-0.4, -0.2) is 36.0 Å². The molecule has 174 valence electrons. The first kappa shape index (κ1) is 23.0. The van der Waals surface area contributed by atoms with Crippen LogP contribution in [-0.2, 0) is 9.59 Å². The maximum atomic E-state index is 13.3. The van der Waals surface area contributed by atoms with Crippen molar-refractivity contribution < 1.29 is 24.2 Å². The van der Waals surface area contributed by atoms with E-state index in [0.29, 0.717) is 28.7 Å². The fourth-order valence-electron chi connectivity index (χ4n) is 4.11. The Morgan fingerprint density at radius 1 is 1.03 bits per heavy atom. The van der Waals surface area contributed by atoms with Gasteiger partial charge in [-0.2, -0.15) is 0 Å². The van der Waals surface area contributed by atoms with Gasteiger partial charge in [-0.3, -0.25) is 19.5 Å². The lowest BCUT2D eigenvalue weighted by Crippen LogP contribution is -2.29. The summed E-state index contributed by atoms with van der Waals surface area (Å²) >= 11 is 0. The summed E-state index contributed by atoms with van der Waals surface area (Å²) in [5, 5.41) is 11.3. The molecular weight excluding hydrogens is 432 g/mol. The highest BCUT2D eigenvalue weighted by molar-refractivity contribution is 6.51. The van der Waals surface area contributed by atoms with Gasteiger partial charge in [0.25, 0.3) is 11.7 Å². The monoisotopic (exact) mass is 458 g/mol. The van der Waals surface area contributed by atoms with Crippen LogP contribution in [0.1, 0.15) is 42.5 Å². The van der Waals surface area contributed by atoms with Gasteiger partial charge < -0.3 is 14.6 Å². The second-order valence-electron chi connectivity index (χ2n) is 8.27. The van der Waals surface area contributed by atoms with Crippen LogP contribution in [0, 0.1) is 0 Å². The molecule has 7 nitrogen and oxygen atoms in total. The van der Waals surface area contributed by atoms with E-state index in [4.69, 9.17) is 9.47 Å². The number of amides is 1. The van der Waals surface area contributed by atoms with E-state index in [0.717, 1.165) is 5.56 Å². The van der Waals surface area contributed by atoms with Gasteiger partial charge in [0.05, 0.1) is 31.4 Å². The van der Waals surface area contributed by atoms with E-state index in [-0.39, 0.29) is 16.9 Å². The van der Waals surface area contributed by atoms with Gasteiger partial charge in [-0.1, -0.05) is 32.0 Å². The molecule has 0 aliphatic carbocycles. The summed E-state index contributed by atoms with van der Waals surface area (Å²) in [6.45, 7) is 4.16. The molecule has 1 N–H and O–H groups in total. The maximum Gasteiger partial charge on any atom is 0.300 e. The van der Waals surface area contributed by atoms with Crippen LogP contribution >= 0.6 is 0 Å². The first-order valence-electron chi connectivity index (χ1n) is 10.9. The molecule has 1 atom stereocenters. The SMILES string of the molecule is COc1ccc(/C(O)=C2/C(=O)C(=O)N(c3ccc(C(C)C)cc3)C2c2cccnc2)c(OC)c1. The molecule has 1 saturated heterocycles. The standard InChI is InChI=1S/C27H26N2O5/c1-16(2)17-7-9-19(10-8-17)29-24(18-6-5-13-28-15-18)23(26(31)27(29)32)25(30)21-12-11-20(33-3)14-22(21)34-4/h5-16,24,30H,1-4H3/b25-23-. The van der Waals surface area contributed by atoms with Crippen LogP contribution in [0.2, 0.25) is 0 Å². The summed E-state index contributed by atoms with van der Waals surface area (Å²) in [5.41, 5.74) is 2.52. The van der Waals surface area contributed by atoms with Gasteiger partial charge in [0.15, 0.2) is 0 Å². The van der Waals surface area contributed by atoms with Crippen molar-refractivity contribution in [1.82, 2.24) is 4.98 Å². The van der Waals surface area contributed by atoms with Crippen molar-refractivity contribution in [3.63, 3.8) is 0 Å². The van der Waals surface area contributed by atoms with Crippen molar-refractivity contribution in [1.29, 1.82) is 0 Å². The highest BCUT2D eigenvalue weighted by atomic mass is 16.5. The average Bonchev–Trinajstić information content (AvgIpc) is 3.14. The van der Waals surface area contributed by atoms with Crippen LogP contribution in [0.3, 0.4) is 0 Å². The second kappa shape index (κ2) is 9.39. The highest BCUT2D eigenvalue weighted by Crippen LogP contribution is 2.43. The number of carbonyl (C=O) groups is 2. The average molecular weight is 459 g/mol. The fraction of sp³-hybridized carbons (Fsp3) is 0.222. The summed E-state index contributed by atoms with van der Waals surface area (Å²) < 4.78 is 10.7. The number of methoxy groups -OCH3 is 2. The van der Waals surface area contributed by atoms with E-state index in [1.807, 2.05) is 24.3 Å². The first-order valence-corrected chi connectivity index (χ1v) is 10.9. The van der Waals surface area contributed by atoms with Crippen molar-refractivity contribution in [3.8, 4) is 11.5 Å². The van der Waals surface area contributed by atoms with Crippen LogP contribution in [0.4, 0.5) is 5.69 Å². The Morgan fingerprint density at radius 3 is 2.35 bits per heavy atom. The van der Waals surface area contributed by atoms with Gasteiger partial charge in [-0.25, -0.2) is 0 Å². The van der Waals surface area contributed by atoms with Crippen molar-refractivity contribution in [2.45, 2.75) is 25.8 Å². The van der Waals surface area contributed by atoms with Crippen LogP contribution in [0.15, 0.2) is 72.6 Å². The topological polar surface area (TPSA) is 89.0 Å². The Labute approximate surface area is 198 Å². The summed E-state index contributed by atoms with van der Waals surface area (Å²) in [6.07, 6.45) is 3.20. The first-order chi connectivity index (χ1) is 16.4. The molecule has 1 aromatic heterocycles. The predicted molar refractivity (Wildman–Crippen MR) is 129 cm³/mol. The van der Waals surface area contributed by atoms with Gasteiger partial charge in [0.1, 0.15) is 17.3 Å². The molecule has 0 spiro atoms. The van der Waals surface area contributed by atoms with E-state index in [9.17, 15) is 14.7 Å². The Balaban J connectivity index is 1.92. The molecule has 1 aliphatic heterocycles. The number of aliphatic hydroxyl groups excluding tert-OH is 1. The van der Waals surface area contributed by atoms with Gasteiger partial charge in [0, 0.05) is 24.1 Å². The third-order valence-electron chi connectivity index (χ3n) is 5.95. The van der Waals surface area contributed by atoms with Crippen LogP contribution in [0.25, 0.3) is 5.76 Å². The maximum absolute atomic E-state index is 13.3. The molecule has 0 radical (unpaired) electrons. The fourth-order valence-corrected chi connectivity index (χ4v) is 4.11. The van der Waals surface area contributed by atoms with Crippen molar-refractivity contribution in [2.24, 2.45) is 0 Å². The quantitative estimate of drug-likeness (QED) is 0.323. The molecular formula is C27H26N2O5. The molecule has 4 rings (SSSR count).